The van der Waals surface area contributed by atoms with Crippen LogP contribution in [0.2, 0.25) is 0 Å². The minimum atomic E-state index is -0.946. The van der Waals surface area contributed by atoms with Crippen molar-refractivity contribution in [2.24, 2.45) is 5.92 Å². The van der Waals surface area contributed by atoms with Crippen molar-refractivity contribution in [2.75, 3.05) is 18.1 Å². The van der Waals surface area contributed by atoms with Crippen molar-refractivity contribution in [2.45, 2.75) is 19.4 Å². The molecule has 0 atom stereocenters. The van der Waals surface area contributed by atoms with Crippen LogP contribution in [0.3, 0.4) is 0 Å². The Morgan fingerprint density at radius 1 is 1.14 bits per heavy atom. The van der Waals surface area contributed by atoms with Gasteiger partial charge in [-0.05, 0) is 48.0 Å². The number of hydrogen-bond donors (Lipinski definition) is 3. The molecule has 1 fully saturated rings. The standard InChI is InChI=1S/C15H20N2O3S/c18-14(19)13-3-1-11(2-4-13)9-16-15(20)17-10-12-5-7-21-8-6-12/h1-4,12H,5-10H2,(H,18,19)(H2,16,17,20). The van der Waals surface area contributed by atoms with Gasteiger partial charge in [0.15, 0.2) is 0 Å². The fourth-order valence-electron chi connectivity index (χ4n) is 2.20. The second-order valence-electron chi connectivity index (χ2n) is 5.12. The lowest BCUT2D eigenvalue weighted by molar-refractivity contribution is 0.0697. The molecule has 0 unspecified atom stereocenters. The van der Waals surface area contributed by atoms with E-state index in [1.165, 1.54) is 36.5 Å². The highest BCUT2D eigenvalue weighted by molar-refractivity contribution is 7.99. The van der Waals surface area contributed by atoms with E-state index >= 15 is 0 Å². The predicted molar refractivity (Wildman–Crippen MR) is 83.7 cm³/mol. The van der Waals surface area contributed by atoms with E-state index in [0.29, 0.717) is 12.5 Å². The fourth-order valence-corrected chi connectivity index (χ4v) is 3.40. The number of urea groups is 1. The van der Waals surface area contributed by atoms with Crippen LogP contribution < -0.4 is 10.6 Å². The van der Waals surface area contributed by atoms with Gasteiger partial charge in [-0.1, -0.05) is 12.1 Å². The molecule has 0 saturated carbocycles. The Balaban J connectivity index is 1.69. The normalized spacial score (nSPS) is 15.4. The molecule has 0 aromatic heterocycles. The maximum Gasteiger partial charge on any atom is 0.335 e. The molecule has 0 bridgehead atoms. The summed E-state index contributed by atoms with van der Waals surface area (Å²) in [5, 5.41) is 14.5. The number of carbonyl (C=O) groups is 2. The number of aromatic carboxylic acids is 1. The number of rotatable bonds is 5. The highest BCUT2D eigenvalue weighted by Gasteiger charge is 2.14. The first-order chi connectivity index (χ1) is 10.1. The summed E-state index contributed by atoms with van der Waals surface area (Å²) >= 11 is 1.97. The molecule has 1 aliphatic heterocycles. The summed E-state index contributed by atoms with van der Waals surface area (Å²) in [6, 6.07) is 6.33. The van der Waals surface area contributed by atoms with E-state index < -0.39 is 5.97 Å². The molecule has 0 radical (unpaired) electrons. The van der Waals surface area contributed by atoms with Crippen LogP contribution in [0.4, 0.5) is 4.79 Å². The molecule has 6 heteroatoms. The lowest BCUT2D eigenvalue weighted by Gasteiger charge is -2.21. The van der Waals surface area contributed by atoms with Crippen LogP contribution in [-0.2, 0) is 6.54 Å². The third-order valence-electron chi connectivity index (χ3n) is 3.55. The summed E-state index contributed by atoms with van der Waals surface area (Å²) in [7, 11) is 0. The van der Waals surface area contributed by atoms with E-state index in [1.54, 1.807) is 12.1 Å². The lowest BCUT2D eigenvalue weighted by Crippen LogP contribution is -2.38. The molecule has 2 amide bonds. The van der Waals surface area contributed by atoms with Gasteiger partial charge in [0.05, 0.1) is 5.56 Å². The van der Waals surface area contributed by atoms with Gasteiger partial charge in [0.2, 0.25) is 0 Å². The number of benzene rings is 1. The first-order valence-electron chi connectivity index (χ1n) is 7.07. The molecule has 1 heterocycles. The molecule has 114 valence electrons. The number of hydrogen-bond acceptors (Lipinski definition) is 3. The van der Waals surface area contributed by atoms with Crippen molar-refractivity contribution in [1.29, 1.82) is 0 Å². The summed E-state index contributed by atoms with van der Waals surface area (Å²) < 4.78 is 0. The number of carbonyl (C=O) groups excluding carboxylic acids is 1. The Labute approximate surface area is 128 Å². The van der Waals surface area contributed by atoms with Crippen molar-refractivity contribution in [3.05, 3.63) is 35.4 Å². The summed E-state index contributed by atoms with van der Waals surface area (Å²) in [6.45, 7) is 1.12. The van der Waals surface area contributed by atoms with Gasteiger partial charge in [0, 0.05) is 13.1 Å². The van der Waals surface area contributed by atoms with E-state index in [4.69, 9.17) is 5.11 Å². The van der Waals surface area contributed by atoms with Crippen LogP contribution in [-0.4, -0.2) is 35.2 Å². The largest absolute Gasteiger partial charge is 0.478 e. The summed E-state index contributed by atoms with van der Waals surface area (Å²) in [5.41, 5.74) is 1.13. The smallest absolute Gasteiger partial charge is 0.335 e. The Morgan fingerprint density at radius 2 is 1.81 bits per heavy atom. The molecule has 1 saturated heterocycles. The van der Waals surface area contributed by atoms with E-state index in [-0.39, 0.29) is 11.6 Å². The van der Waals surface area contributed by atoms with E-state index in [2.05, 4.69) is 10.6 Å². The fraction of sp³-hybridized carbons (Fsp3) is 0.467. The zero-order valence-corrected chi connectivity index (χ0v) is 12.6. The molecular formula is C15H20N2O3S. The Morgan fingerprint density at radius 3 is 2.43 bits per heavy atom. The first-order valence-corrected chi connectivity index (χ1v) is 8.22. The zero-order valence-electron chi connectivity index (χ0n) is 11.8. The van der Waals surface area contributed by atoms with Crippen LogP contribution >= 0.6 is 11.8 Å². The van der Waals surface area contributed by atoms with Gasteiger partial charge in [0.1, 0.15) is 0 Å². The van der Waals surface area contributed by atoms with Crippen LogP contribution in [0.1, 0.15) is 28.8 Å². The first kappa shape index (κ1) is 15.7. The van der Waals surface area contributed by atoms with Crippen molar-refractivity contribution >= 4 is 23.8 Å². The van der Waals surface area contributed by atoms with Crippen molar-refractivity contribution in [1.82, 2.24) is 10.6 Å². The van der Waals surface area contributed by atoms with Gasteiger partial charge < -0.3 is 15.7 Å². The molecule has 0 aliphatic carbocycles. The second kappa shape index (κ2) is 7.93. The van der Waals surface area contributed by atoms with Crippen LogP contribution in [0, 0.1) is 5.92 Å². The number of thioether (sulfide) groups is 1. The van der Waals surface area contributed by atoms with Crippen molar-refractivity contribution in [3.8, 4) is 0 Å². The predicted octanol–water partition coefficient (Wildman–Crippen LogP) is 2.33. The van der Waals surface area contributed by atoms with Crippen LogP contribution in [0.25, 0.3) is 0 Å². The minimum Gasteiger partial charge on any atom is -0.478 e. The number of amides is 2. The third kappa shape index (κ3) is 5.30. The quantitative estimate of drug-likeness (QED) is 0.780. The van der Waals surface area contributed by atoms with Gasteiger partial charge in [0.25, 0.3) is 0 Å². The second-order valence-corrected chi connectivity index (χ2v) is 6.35. The highest BCUT2D eigenvalue weighted by atomic mass is 32.2. The summed E-state index contributed by atoms with van der Waals surface area (Å²) in [5.74, 6) is 2.01. The van der Waals surface area contributed by atoms with Gasteiger partial charge in [-0.2, -0.15) is 11.8 Å². The monoisotopic (exact) mass is 308 g/mol. The molecule has 1 aromatic carbocycles. The molecule has 21 heavy (non-hydrogen) atoms. The Bertz CT molecular complexity index is 484. The van der Waals surface area contributed by atoms with Gasteiger partial charge >= 0.3 is 12.0 Å². The lowest BCUT2D eigenvalue weighted by atomic mass is 10.0. The van der Waals surface area contributed by atoms with E-state index in [1.807, 2.05) is 11.8 Å². The van der Waals surface area contributed by atoms with Gasteiger partial charge in [-0.15, -0.1) is 0 Å². The number of carboxylic acids is 1. The van der Waals surface area contributed by atoms with Gasteiger partial charge in [-0.3, -0.25) is 0 Å². The van der Waals surface area contributed by atoms with Gasteiger partial charge in [-0.25, -0.2) is 9.59 Å². The number of carboxylic acid groups (broad SMARTS) is 1. The average molecular weight is 308 g/mol. The van der Waals surface area contributed by atoms with Crippen LogP contribution in [0.15, 0.2) is 24.3 Å². The van der Waals surface area contributed by atoms with Crippen molar-refractivity contribution < 1.29 is 14.7 Å². The van der Waals surface area contributed by atoms with E-state index in [9.17, 15) is 9.59 Å². The third-order valence-corrected chi connectivity index (χ3v) is 4.59. The molecule has 3 N–H and O–H groups in total. The highest BCUT2D eigenvalue weighted by Crippen LogP contribution is 2.21. The molecule has 0 spiro atoms. The SMILES string of the molecule is O=C(NCc1ccc(C(=O)O)cc1)NCC1CCSCC1. The van der Waals surface area contributed by atoms with Crippen molar-refractivity contribution in [3.63, 3.8) is 0 Å². The Kier molecular flexibility index (Phi) is 5.92. The van der Waals surface area contributed by atoms with Crippen LogP contribution in [0.5, 0.6) is 0 Å². The minimum absolute atomic E-state index is 0.171. The summed E-state index contributed by atoms with van der Waals surface area (Å²) in [6.07, 6.45) is 2.34. The summed E-state index contributed by atoms with van der Waals surface area (Å²) in [4.78, 5) is 22.4. The maximum atomic E-state index is 11.7. The zero-order chi connectivity index (χ0) is 15.1. The topological polar surface area (TPSA) is 78.4 Å². The molecule has 1 aromatic rings. The molecule has 1 aliphatic rings. The molecule has 5 nitrogen and oxygen atoms in total. The number of nitrogens with one attached hydrogen (secondary N) is 2. The maximum absolute atomic E-state index is 11.7. The molecule has 2 rings (SSSR count). The molecular weight excluding hydrogens is 288 g/mol. The average Bonchev–Trinajstić information content (AvgIpc) is 2.52. The Hall–Kier alpha value is -1.69. The van der Waals surface area contributed by atoms with E-state index in [0.717, 1.165) is 12.1 Å².